The summed E-state index contributed by atoms with van der Waals surface area (Å²) >= 11 is 6.94. The van der Waals surface area contributed by atoms with E-state index in [2.05, 4.69) is 10.6 Å². The van der Waals surface area contributed by atoms with Crippen molar-refractivity contribution < 1.29 is 23.9 Å². The van der Waals surface area contributed by atoms with Crippen molar-refractivity contribution in [2.45, 2.75) is 6.42 Å². The van der Waals surface area contributed by atoms with Crippen LogP contribution in [0.2, 0.25) is 5.02 Å². The molecule has 2 N–H and O–H groups in total. The standard InChI is InChI=1S/C21H27ClN4O5S/c1-25(13-18(27)23-8-5-11-31-2)14-19(28)24-9-10-26-20(29)17(32-21(26)30)12-15-6-3-4-7-16(15)22/h3-4,6-7,12H,5,8-11,13-14H2,1-2H3,(H,23,27)(H,24,28)/b17-12-. The van der Waals surface area contributed by atoms with Gasteiger partial charge >= 0.3 is 0 Å². The predicted octanol–water partition coefficient (Wildman–Crippen LogP) is 1.58. The van der Waals surface area contributed by atoms with E-state index in [-0.39, 0.29) is 42.9 Å². The number of carbonyl (C=O) groups is 4. The maximum Gasteiger partial charge on any atom is 0.293 e. The Morgan fingerprint density at radius 2 is 1.81 bits per heavy atom. The summed E-state index contributed by atoms with van der Waals surface area (Å²) in [6, 6.07) is 7.03. The molecule has 0 aromatic heterocycles. The van der Waals surface area contributed by atoms with Crippen molar-refractivity contribution in [1.82, 2.24) is 20.4 Å². The quantitative estimate of drug-likeness (QED) is 0.344. The molecule has 0 aliphatic carbocycles. The number of likely N-dealkylation sites (N-methyl/N-ethyl adjacent to an activating group) is 1. The van der Waals surface area contributed by atoms with Gasteiger partial charge in [0.2, 0.25) is 11.8 Å². The molecule has 1 aromatic carbocycles. The number of hydrogen-bond donors (Lipinski definition) is 2. The fourth-order valence-corrected chi connectivity index (χ4v) is 3.88. The van der Waals surface area contributed by atoms with Gasteiger partial charge < -0.3 is 15.4 Å². The van der Waals surface area contributed by atoms with E-state index in [0.29, 0.717) is 30.2 Å². The number of carbonyl (C=O) groups excluding carboxylic acids is 4. The van der Waals surface area contributed by atoms with Crippen LogP contribution in [0.1, 0.15) is 12.0 Å². The van der Waals surface area contributed by atoms with Gasteiger partial charge in [0.1, 0.15) is 0 Å². The lowest BCUT2D eigenvalue weighted by Crippen LogP contribution is -2.43. The van der Waals surface area contributed by atoms with Gasteiger partial charge in [0.25, 0.3) is 11.1 Å². The molecule has 11 heteroatoms. The zero-order valence-corrected chi connectivity index (χ0v) is 19.6. The maximum absolute atomic E-state index is 12.5. The summed E-state index contributed by atoms with van der Waals surface area (Å²) in [7, 11) is 3.25. The van der Waals surface area contributed by atoms with E-state index in [1.54, 1.807) is 49.4 Å². The van der Waals surface area contributed by atoms with Crippen LogP contribution in [0, 0.1) is 0 Å². The molecule has 9 nitrogen and oxygen atoms in total. The molecule has 0 unspecified atom stereocenters. The molecular weight excluding hydrogens is 456 g/mol. The van der Waals surface area contributed by atoms with Crippen molar-refractivity contribution >= 4 is 52.4 Å². The molecule has 0 atom stereocenters. The highest BCUT2D eigenvalue weighted by molar-refractivity contribution is 8.18. The molecule has 174 valence electrons. The van der Waals surface area contributed by atoms with Crippen molar-refractivity contribution in [3.8, 4) is 0 Å². The first-order valence-electron chi connectivity index (χ1n) is 10.0. The number of amides is 4. The normalized spacial score (nSPS) is 15.0. The molecule has 0 spiro atoms. The summed E-state index contributed by atoms with van der Waals surface area (Å²) in [6.07, 6.45) is 2.30. The summed E-state index contributed by atoms with van der Waals surface area (Å²) in [6.45, 7) is 1.34. The average Bonchev–Trinajstić information content (AvgIpc) is 3.00. The minimum Gasteiger partial charge on any atom is -0.385 e. The van der Waals surface area contributed by atoms with Crippen LogP contribution in [-0.4, -0.2) is 86.2 Å². The Balaban J connectivity index is 1.74. The lowest BCUT2D eigenvalue weighted by atomic mass is 10.2. The van der Waals surface area contributed by atoms with Crippen LogP contribution < -0.4 is 10.6 Å². The van der Waals surface area contributed by atoms with Crippen molar-refractivity contribution in [3.63, 3.8) is 0 Å². The van der Waals surface area contributed by atoms with E-state index < -0.39 is 11.1 Å². The summed E-state index contributed by atoms with van der Waals surface area (Å²) < 4.78 is 4.91. The minimum atomic E-state index is -0.420. The van der Waals surface area contributed by atoms with Crippen LogP contribution in [-0.2, 0) is 19.1 Å². The van der Waals surface area contributed by atoms with Gasteiger partial charge in [0.05, 0.1) is 18.0 Å². The molecule has 4 amide bonds. The third kappa shape index (κ3) is 8.27. The van der Waals surface area contributed by atoms with Crippen molar-refractivity contribution in [2.24, 2.45) is 0 Å². The number of halogens is 1. The van der Waals surface area contributed by atoms with Gasteiger partial charge in [-0.15, -0.1) is 0 Å². The highest BCUT2D eigenvalue weighted by Gasteiger charge is 2.34. The largest absolute Gasteiger partial charge is 0.385 e. The second-order valence-corrected chi connectivity index (χ2v) is 8.47. The fraction of sp³-hybridized carbons (Fsp3) is 0.429. The number of rotatable bonds is 12. The topological polar surface area (TPSA) is 108 Å². The third-order valence-corrected chi connectivity index (χ3v) is 5.65. The number of nitrogens with zero attached hydrogens (tertiary/aromatic N) is 2. The van der Waals surface area contributed by atoms with Crippen LogP contribution in [0.5, 0.6) is 0 Å². The second kappa shape index (κ2) is 13.2. The highest BCUT2D eigenvalue weighted by atomic mass is 35.5. The first-order valence-corrected chi connectivity index (χ1v) is 11.2. The molecule has 1 fully saturated rings. The molecule has 1 saturated heterocycles. The Labute approximate surface area is 196 Å². The van der Waals surface area contributed by atoms with Gasteiger partial charge in [0.15, 0.2) is 0 Å². The Morgan fingerprint density at radius 1 is 1.16 bits per heavy atom. The molecule has 1 aliphatic heterocycles. The monoisotopic (exact) mass is 482 g/mol. The molecule has 0 bridgehead atoms. The molecule has 0 radical (unpaired) electrons. The van der Waals surface area contributed by atoms with E-state index in [4.69, 9.17) is 16.3 Å². The first-order chi connectivity index (χ1) is 15.3. The molecule has 1 aliphatic rings. The molecular formula is C21H27ClN4O5S. The van der Waals surface area contributed by atoms with E-state index in [1.807, 2.05) is 0 Å². The van der Waals surface area contributed by atoms with E-state index in [1.165, 1.54) is 0 Å². The molecule has 2 rings (SSSR count). The van der Waals surface area contributed by atoms with Gasteiger partial charge in [-0.25, -0.2) is 0 Å². The van der Waals surface area contributed by atoms with E-state index in [0.717, 1.165) is 16.7 Å². The predicted molar refractivity (Wildman–Crippen MR) is 124 cm³/mol. The summed E-state index contributed by atoms with van der Waals surface area (Å²) in [4.78, 5) is 51.6. The van der Waals surface area contributed by atoms with Crippen LogP contribution in [0.4, 0.5) is 4.79 Å². The Kier molecular flexibility index (Phi) is 10.7. The fourth-order valence-electron chi connectivity index (χ4n) is 2.84. The third-order valence-electron chi connectivity index (χ3n) is 4.40. The van der Waals surface area contributed by atoms with Gasteiger partial charge in [-0.3, -0.25) is 29.0 Å². The van der Waals surface area contributed by atoms with Crippen molar-refractivity contribution in [1.29, 1.82) is 0 Å². The Bertz CT molecular complexity index is 880. The number of ether oxygens (including phenoxy) is 1. The number of imide groups is 1. The van der Waals surface area contributed by atoms with Crippen molar-refractivity contribution in [2.75, 3.05) is 53.5 Å². The summed E-state index contributed by atoms with van der Waals surface area (Å²) in [5, 5.41) is 5.50. The van der Waals surface area contributed by atoms with Gasteiger partial charge in [-0.05, 0) is 42.9 Å². The lowest BCUT2D eigenvalue weighted by Gasteiger charge is -2.17. The first kappa shape index (κ1) is 25.9. The number of methoxy groups -OCH3 is 1. The van der Waals surface area contributed by atoms with Crippen molar-refractivity contribution in [3.05, 3.63) is 39.8 Å². The molecule has 32 heavy (non-hydrogen) atoms. The zero-order valence-electron chi connectivity index (χ0n) is 18.1. The minimum absolute atomic E-state index is 0.0137. The van der Waals surface area contributed by atoms with Crippen LogP contribution in [0.15, 0.2) is 29.2 Å². The van der Waals surface area contributed by atoms with Gasteiger partial charge in [-0.1, -0.05) is 29.8 Å². The number of thioether (sulfide) groups is 1. The molecule has 0 saturated carbocycles. The zero-order chi connectivity index (χ0) is 23.5. The SMILES string of the molecule is COCCCNC(=O)CN(C)CC(=O)NCCN1C(=O)S/C(=C\c2ccccc2Cl)C1=O. The lowest BCUT2D eigenvalue weighted by molar-refractivity contribution is -0.126. The van der Waals surface area contributed by atoms with Crippen LogP contribution >= 0.6 is 23.4 Å². The van der Waals surface area contributed by atoms with E-state index in [9.17, 15) is 19.2 Å². The van der Waals surface area contributed by atoms with Crippen LogP contribution in [0.3, 0.4) is 0 Å². The molecule has 1 heterocycles. The maximum atomic E-state index is 12.5. The van der Waals surface area contributed by atoms with E-state index >= 15 is 0 Å². The number of nitrogens with one attached hydrogen (secondary N) is 2. The summed E-state index contributed by atoms with van der Waals surface area (Å²) in [5.41, 5.74) is 0.652. The second-order valence-electron chi connectivity index (χ2n) is 7.07. The smallest absolute Gasteiger partial charge is 0.293 e. The number of hydrogen-bond acceptors (Lipinski definition) is 7. The highest BCUT2D eigenvalue weighted by Crippen LogP contribution is 2.33. The van der Waals surface area contributed by atoms with Gasteiger partial charge in [0, 0.05) is 38.4 Å². The Morgan fingerprint density at radius 3 is 2.47 bits per heavy atom. The average molecular weight is 483 g/mol. The van der Waals surface area contributed by atoms with Crippen LogP contribution in [0.25, 0.3) is 6.08 Å². The summed E-state index contributed by atoms with van der Waals surface area (Å²) in [5.74, 6) is -0.908. The number of benzene rings is 1. The van der Waals surface area contributed by atoms with Gasteiger partial charge in [-0.2, -0.15) is 0 Å². The molecule has 1 aromatic rings. The Hall–Kier alpha value is -2.40.